The van der Waals surface area contributed by atoms with Gasteiger partial charge >= 0.3 is 0 Å². The van der Waals surface area contributed by atoms with Crippen molar-refractivity contribution in [3.63, 3.8) is 0 Å². The lowest BCUT2D eigenvalue weighted by molar-refractivity contribution is 0.624. The summed E-state index contributed by atoms with van der Waals surface area (Å²) in [5.74, 6) is -0.313. The summed E-state index contributed by atoms with van der Waals surface area (Å²) in [5, 5.41) is 9.15. The molecule has 1 heterocycles. The maximum Gasteiger partial charge on any atom is 0.123 e. The van der Waals surface area contributed by atoms with Gasteiger partial charge in [0.15, 0.2) is 0 Å². The van der Waals surface area contributed by atoms with Crippen molar-refractivity contribution >= 4 is 11.4 Å². The molecule has 1 aliphatic rings. The minimum atomic E-state index is -0.313. The molecule has 0 aliphatic carbocycles. The highest BCUT2D eigenvalue weighted by Gasteiger charge is 2.21. The molecule has 0 saturated heterocycles. The average molecular weight is 281 g/mol. The van der Waals surface area contributed by atoms with Gasteiger partial charge in [-0.15, -0.1) is 0 Å². The largest absolute Gasteiger partial charge is 0.398 e. The van der Waals surface area contributed by atoms with Crippen molar-refractivity contribution in [2.24, 2.45) is 0 Å². The lowest BCUT2D eigenvalue weighted by Gasteiger charge is -2.21. The first-order chi connectivity index (χ1) is 10.1. The van der Waals surface area contributed by atoms with Crippen LogP contribution in [0.2, 0.25) is 0 Å². The van der Waals surface area contributed by atoms with Crippen LogP contribution in [0.1, 0.15) is 22.3 Å². The van der Waals surface area contributed by atoms with Crippen LogP contribution in [0.15, 0.2) is 30.3 Å². The Morgan fingerprint density at radius 2 is 2.14 bits per heavy atom. The Morgan fingerprint density at radius 3 is 2.90 bits per heavy atom. The topological polar surface area (TPSA) is 53.0 Å². The third-order valence-corrected chi connectivity index (χ3v) is 4.01. The van der Waals surface area contributed by atoms with E-state index in [9.17, 15) is 4.39 Å². The first-order valence-electron chi connectivity index (χ1n) is 6.91. The van der Waals surface area contributed by atoms with Gasteiger partial charge in [-0.2, -0.15) is 5.26 Å². The maximum absolute atomic E-state index is 13.4. The van der Waals surface area contributed by atoms with Gasteiger partial charge in [0.25, 0.3) is 0 Å². The van der Waals surface area contributed by atoms with Crippen LogP contribution < -0.4 is 10.6 Å². The fourth-order valence-electron chi connectivity index (χ4n) is 2.81. The smallest absolute Gasteiger partial charge is 0.123 e. The zero-order chi connectivity index (χ0) is 15.0. The molecule has 0 saturated carbocycles. The van der Waals surface area contributed by atoms with Gasteiger partial charge in [0.2, 0.25) is 0 Å². The lowest BCUT2D eigenvalue weighted by Crippen LogP contribution is -2.20. The molecule has 0 bridgehead atoms. The molecule has 2 aromatic rings. The van der Waals surface area contributed by atoms with E-state index in [1.807, 2.05) is 13.0 Å². The van der Waals surface area contributed by atoms with E-state index in [0.29, 0.717) is 17.7 Å². The summed E-state index contributed by atoms with van der Waals surface area (Å²) in [7, 11) is 0. The van der Waals surface area contributed by atoms with Crippen LogP contribution in [-0.4, -0.2) is 6.54 Å². The number of aryl methyl sites for hydroxylation is 1. The molecule has 0 spiro atoms. The van der Waals surface area contributed by atoms with Crippen molar-refractivity contribution in [2.45, 2.75) is 19.9 Å². The highest BCUT2D eigenvalue weighted by molar-refractivity contribution is 5.67. The fraction of sp³-hybridized carbons (Fsp3) is 0.235. The first kappa shape index (κ1) is 13.4. The number of benzene rings is 2. The van der Waals surface area contributed by atoms with Gasteiger partial charge in [-0.1, -0.05) is 6.07 Å². The Morgan fingerprint density at radius 1 is 1.33 bits per heavy atom. The standard InChI is InChI=1S/C17H16FN3/c1-11-6-12-4-5-21(17(12)8-16(11)20)10-14-7-15(18)3-2-13(14)9-19/h2-3,6-8H,4-5,10,20H2,1H3. The number of rotatable bonds is 2. The Kier molecular flexibility index (Phi) is 3.26. The Hall–Kier alpha value is -2.54. The summed E-state index contributed by atoms with van der Waals surface area (Å²) in [5.41, 5.74) is 11.4. The monoisotopic (exact) mass is 281 g/mol. The van der Waals surface area contributed by atoms with Gasteiger partial charge in [-0.25, -0.2) is 4.39 Å². The number of nitrogens with two attached hydrogens (primary N) is 1. The molecule has 0 radical (unpaired) electrons. The quantitative estimate of drug-likeness (QED) is 0.860. The van der Waals surface area contributed by atoms with Gasteiger partial charge < -0.3 is 10.6 Å². The minimum absolute atomic E-state index is 0.313. The van der Waals surface area contributed by atoms with E-state index in [2.05, 4.69) is 17.0 Å². The first-order valence-corrected chi connectivity index (χ1v) is 6.91. The molecule has 2 aromatic carbocycles. The number of hydrogen-bond donors (Lipinski definition) is 1. The fourth-order valence-corrected chi connectivity index (χ4v) is 2.81. The molecule has 0 atom stereocenters. The van der Waals surface area contributed by atoms with E-state index in [4.69, 9.17) is 11.0 Å². The molecule has 0 amide bonds. The van der Waals surface area contributed by atoms with Crippen LogP contribution in [0.3, 0.4) is 0 Å². The number of hydrogen-bond acceptors (Lipinski definition) is 3. The second-order valence-electron chi connectivity index (χ2n) is 5.42. The molecule has 106 valence electrons. The summed E-state index contributed by atoms with van der Waals surface area (Å²) in [6, 6.07) is 10.5. The maximum atomic E-state index is 13.4. The minimum Gasteiger partial charge on any atom is -0.398 e. The van der Waals surface area contributed by atoms with E-state index in [-0.39, 0.29) is 5.82 Å². The zero-order valence-corrected chi connectivity index (χ0v) is 11.9. The molecule has 1 aliphatic heterocycles. The number of halogens is 1. The normalized spacial score (nSPS) is 13.1. The molecule has 0 fully saturated rings. The van der Waals surface area contributed by atoms with E-state index in [1.165, 1.54) is 23.8 Å². The molecule has 3 rings (SSSR count). The number of nitriles is 1. The van der Waals surface area contributed by atoms with Crippen LogP contribution >= 0.6 is 0 Å². The van der Waals surface area contributed by atoms with Crippen molar-refractivity contribution in [1.29, 1.82) is 5.26 Å². The molecule has 0 aromatic heterocycles. The van der Waals surface area contributed by atoms with Gasteiger partial charge in [0.1, 0.15) is 5.82 Å². The molecule has 0 unspecified atom stereocenters. The Labute approximate surface area is 123 Å². The van der Waals surface area contributed by atoms with Crippen LogP contribution in [0.25, 0.3) is 0 Å². The summed E-state index contributed by atoms with van der Waals surface area (Å²) < 4.78 is 13.4. The third kappa shape index (κ3) is 2.43. The van der Waals surface area contributed by atoms with Gasteiger partial charge in [0.05, 0.1) is 11.6 Å². The van der Waals surface area contributed by atoms with Crippen LogP contribution in [0, 0.1) is 24.1 Å². The van der Waals surface area contributed by atoms with Crippen molar-refractivity contribution in [1.82, 2.24) is 0 Å². The van der Waals surface area contributed by atoms with Crippen molar-refractivity contribution in [3.8, 4) is 6.07 Å². The van der Waals surface area contributed by atoms with Crippen molar-refractivity contribution in [2.75, 3.05) is 17.2 Å². The number of nitrogen functional groups attached to an aromatic ring is 1. The van der Waals surface area contributed by atoms with Crippen LogP contribution in [0.5, 0.6) is 0 Å². The molecular weight excluding hydrogens is 265 g/mol. The number of fused-ring (bicyclic) bond motifs is 1. The van der Waals surface area contributed by atoms with Gasteiger partial charge in [-0.05, 0) is 54.3 Å². The van der Waals surface area contributed by atoms with E-state index >= 15 is 0 Å². The molecule has 2 N–H and O–H groups in total. The predicted octanol–water partition coefficient (Wildman–Crippen LogP) is 3.15. The summed E-state index contributed by atoms with van der Waals surface area (Å²) in [6.45, 7) is 3.38. The van der Waals surface area contributed by atoms with Gasteiger partial charge in [-0.3, -0.25) is 0 Å². The van der Waals surface area contributed by atoms with Crippen molar-refractivity contribution < 1.29 is 4.39 Å². The Balaban J connectivity index is 1.94. The zero-order valence-electron chi connectivity index (χ0n) is 11.9. The van der Waals surface area contributed by atoms with E-state index in [1.54, 1.807) is 0 Å². The number of nitrogens with zero attached hydrogens (tertiary/aromatic N) is 2. The SMILES string of the molecule is Cc1cc2c(cc1N)N(Cc1cc(F)ccc1C#N)CC2. The predicted molar refractivity (Wildman–Crippen MR) is 81.5 cm³/mol. The summed E-state index contributed by atoms with van der Waals surface area (Å²) >= 11 is 0. The lowest BCUT2D eigenvalue weighted by atomic mass is 10.1. The third-order valence-electron chi connectivity index (χ3n) is 4.01. The van der Waals surface area contributed by atoms with Crippen LogP contribution in [-0.2, 0) is 13.0 Å². The highest BCUT2D eigenvalue weighted by atomic mass is 19.1. The second-order valence-corrected chi connectivity index (χ2v) is 5.42. The summed E-state index contributed by atoms with van der Waals surface area (Å²) in [4.78, 5) is 2.15. The second kappa shape index (κ2) is 5.10. The van der Waals surface area contributed by atoms with E-state index < -0.39 is 0 Å². The summed E-state index contributed by atoms with van der Waals surface area (Å²) in [6.07, 6.45) is 0.952. The molecule has 21 heavy (non-hydrogen) atoms. The highest BCUT2D eigenvalue weighted by Crippen LogP contribution is 2.33. The van der Waals surface area contributed by atoms with Gasteiger partial charge in [0, 0.05) is 24.5 Å². The molecule has 3 nitrogen and oxygen atoms in total. The molecule has 4 heteroatoms. The van der Waals surface area contributed by atoms with E-state index in [0.717, 1.165) is 29.9 Å². The molecular formula is C17H16FN3. The average Bonchev–Trinajstić information content (AvgIpc) is 2.82. The van der Waals surface area contributed by atoms with Crippen LogP contribution in [0.4, 0.5) is 15.8 Å². The number of anilines is 2. The Bertz CT molecular complexity index is 746. The van der Waals surface area contributed by atoms with Crippen molar-refractivity contribution in [3.05, 3.63) is 58.4 Å².